The van der Waals surface area contributed by atoms with E-state index in [4.69, 9.17) is 11.6 Å². The van der Waals surface area contributed by atoms with Crippen LogP contribution in [0.2, 0.25) is 0 Å². The Kier molecular flexibility index (Phi) is 3.82. The normalized spacial score (nSPS) is 13.0. The number of fused-ring (bicyclic) bond motifs is 1. The summed E-state index contributed by atoms with van der Waals surface area (Å²) in [6.45, 7) is 2.80. The molecule has 2 nitrogen and oxygen atoms in total. The van der Waals surface area contributed by atoms with Crippen molar-refractivity contribution in [3.05, 3.63) is 50.0 Å². The molecule has 5 heteroatoms. The van der Waals surface area contributed by atoms with Gasteiger partial charge >= 0.3 is 0 Å². The number of imidazole rings is 1. The molecule has 0 aliphatic carbocycles. The van der Waals surface area contributed by atoms with Crippen LogP contribution in [0.3, 0.4) is 0 Å². The number of thiophene rings is 1. The Balaban J connectivity index is 2.16. The van der Waals surface area contributed by atoms with Gasteiger partial charge in [-0.3, -0.25) is 0 Å². The summed E-state index contributed by atoms with van der Waals surface area (Å²) < 4.78 is 3.41. The molecule has 1 aromatic carbocycles. The van der Waals surface area contributed by atoms with Crippen molar-refractivity contribution < 1.29 is 0 Å². The molecule has 2 heterocycles. The smallest absolute Gasteiger partial charge is 0.128 e. The van der Waals surface area contributed by atoms with Gasteiger partial charge in [0.1, 0.15) is 5.82 Å². The maximum atomic E-state index is 6.28. The molecule has 0 aliphatic rings. The first-order valence-electron chi connectivity index (χ1n) is 5.96. The highest BCUT2D eigenvalue weighted by molar-refractivity contribution is 14.1. The quantitative estimate of drug-likeness (QED) is 0.443. The lowest BCUT2D eigenvalue weighted by Crippen LogP contribution is -2.05. The van der Waals surface area contributed by atoms with Crippen molar-refractivity contribution in [1.82, 2.24) is 9.55 Å². The zero-order chi connectivity index (χ0) is 13.4. The van der Waals surface area contributed by atoms with Crippen molar-refractivity contribution in [2.75, 3.05) is 0 Å². The van der Waals surface area contributed by atoms with E-state index >= 15 is 0 Å². The predicted molar refractivity (Wildman–Crippen MR) is 90.1 cm³/mol. The summed E-state index contributed by atoms with van der Waals surface area (Å²) in [6.07, 6.45) is 0. The molecule has 19 heavy (non-hydrogen) atoms. The standard InChI is InChI=1S/C14H12ClIN2S/c1-9(15)14-17-12-6-11(16)2-3-13(12)18(14)7-10-4-5-19-8-10/h2-6,8-9H,7H2,1H3. The van der Waals surface area contributed by atoms with Crippen LogP contribution in [0.1, 0.15) is 23.7 Å². The molecule has 0 saturated heterocycles. The zero-order valence-electron chi connectivity index (χ0n) is 10.3. The zero-order valence-corrected chi connectivity index (χ0v) is 14.0. The van der Waals surface area contributed by atoms with E-state index in [0.717, 1.165) is 23.4 Å². The van der Waals surface area contributed by atoms with Gasteiger partial charge in [0.25, 0.3) is 0 Å². The van der Waals surface area contributed by atoms with E-state index in [-0.39, 0.29) is 5.38 Å². The lowest BCUT2D eigenvalue weighted by molar-refractivity contribution is 0.744. The van der Waals surface area contributed by atoms with Gasteiger partial charge in [0.2, 0.25) is 0 Å². The number of alkyl halides is 1. The Morgan fingerprint density at radius 3 is 2.95 bits per heavy atom. The van der Waals surface area contributed by atoms with Gasteiger partial charge in [-0.25, -0.2) is 4.98 Å². The fourth-order valence-corrected chi connectivity index (χ4v) is 3.46. The first-order valence-corrected chi connectivity index (χ1v) is 8.42. The third-order valence-corrected chi connectivity index (χ3v) is 4.61. The Morgan fingerprint density at radius 1 is 1.42 bits per heavy atom. The minimum Gasteiger partial charge on any atom is -0.322 e. The number of hydrogen-bond donors (Lipinski definition) is 0. The second-order valence-corrected chi connectivity index (χ2v) is 7.12. The molecule has 3 rings (SSSR count). The van der Waals surface area contributed by atoms with Crippen LogP contribution in [0.15, 0.2) is 35.0 Å². The Morgan fingerprint density at radius 2 is 2.26 bits per heavy atom. The largest absolute Gasteiger partial charge is 0.322 e. The Hall–Kier alpha value is -0.590. The lowest BCUT2D eigenvalue weighted by Gasteiger charge is -2.09. The number of rotatable bonds is 3. The molecule has 0 N–H and O–H groups in total. The van der Waals surface area contributed by atoms with Gasteiger partial charge in [-0.05, 0) is 70.1 Å². The highest BCUT2D eigenvalue weighted by Crippen LogP contribution is 2.27. The average molecular weight is 403 g/mol. The summed E-state index contributed by atoms with van der Waals surface area (Å²) in [5.74, 6) is 0.935. The van der Waals surface area contributed by atoms with Crippen molar-refractivity contribution in [2.24, 2.45) is 0 Å². The molecule has 2 aromatic heterocycles. The second-order valence-electron chi connectivity index (χ2n) is 4.44. The third-order valence-electron chi connectivity index (χ3n) is 3.02. The highest BCUT2D eigenvalue weighted by Gasteiger charge is 2.15. The van der Waals surface area contributed by atoms with Gasteiger partial charge in [0, 0.05) is 3.57 Å². The molecular weight excluding hydrogens is 391 g/mol. The maximum Gasteiger partial charge on any atom is 0.128 e. The molecule has 98 valence electrons. The number of hydrogen-bond acceptors (Lipinski definition) is 2. The molecule has 0 saturated carbocycles. The fraction of sp³-hybridized carbons (Fsp3) is 0.214. The van der Waals surface area contributed by atoms with E-state index in [2.05, 4.69) is 67.2 Å². The van der Waals surface area contributed by atoms with Gasteiger partial charge in [0.15, 0.2) is 0 Å². The Labute approximate surface area is 134 Å². The molecule has 0 bridgehead atoms. The van der Waals surface area contributed by atoms with Crippen LogP contribution in [0.4, 0.5) is 0 Å². The lowest BCUT2D eigenvalue weighted by atomic mass is 10.3. The monoisotopic (exact) mass is 402 g/mol. The molecule has 0 spiro atoms. The van der Waals surface area contributed by atoms with Gasteiger partial charge in [-0.15, -0.1) is 11.6 Å². The van der Waals surface area contributed by atoms with Crippen molar-refractivity contribution in [3.63, 3.8) is 0 Å². The fourth-order valence-electron chi connectivity index (χ4n) is 2.16. The molecular formula is C14H12ClIN2S. The summed E-state index contributed by atoms with van der Waals surface area (Å²) in [5.41, 5.74) is 3.46. The number of aromatic nitrogens is 2. The predicted octanol–water partition coefficient (Wildman–Crippen LogP) is 5.05. The third kappa shape index (κ3) is 2.66. The van der Waals surface area contributed by atoms with E-state index in [1.807, 2.05) is 6.92 Å². The second kappa shape index (κ2) is 5.42. The summed E-state index contributed by atoms with van der Waals surface area (Å²) in [6, 6.07) is 8.48. The Bertz CT molecular complexity index is 704. The molecule has 1 unspecified atom stereocenters. The molecule has 0 fully saturated rings. The molecule has 0 aliphatic heterocycles. The van der Waals surface area contributed by atoms with Crippen molar-refractivity contribution >= 4 is 56.6 Å². The minimum atomic E-state index is -0.0938. The van der Waals surface area contributed by atoms with Gasteiger partial charge in [-0.2, -0.15) is 11.3 Å². The van der Waals surface area contributed by atoms with E-state index in [1.54, 1.807) is 11.3 Å². The topological polar surface area (TPSA) is 17.8 Å². The highest BCUT2D eigenvalue weighted by atomic mass is 127. The van der Waals surface area contributed by atoms with Crippen LogP contribution < -0.4 is 0 Å². The van der Waals surface area contributed by atoms with Crippen molar-refractivity contribution in [1.29, 1.82) is 0 Å². The SMILES string of the molecule is CC(Cl)c1nc2cc(I)ccc2n1Cc1ccsc1. The first kappa shape index (κ1) is 13.4. The van der Waals surface area contributed by atoms with Crippen LogP contribution in [-0.4, -0.2) is 9.55 Å². The van der Waals surface area contributed by atoms with Crippen molar-refractivity contribution in [2.45, 2.75) is 18.8 Å². The average Bonchev–Trinajstić information content (AvgIpc) is 2.97. The van der Waals surface area contributed by atoms with Crippen LogP contribution in [-0.2, 0) is 6.54 Å². The van der Waals surface area contributed by atoms with Crippen LogP contribution in [0.25, 0.3) is 11.0 Å². The number of benzene rings is 1. The van der Waals surface area contributed by atoms with Gasteiger partial charge in [-0.1, -0.05) is 0 Å². The van der Waals surface area contributed by atoms with E-state index in [9.17, 15) is 0 Å². The van der Waals surface area contributed by atoms with Gasteiger partial charge < -0.3 is 4.57 Å². The van der Waals surface area contributed by atoms with E-state index in [1.165, 1.54) is 9.13 Å². The maximum absolute atomic E-state index is 6.28. The summed E-state index contributed by atoms with van der Waals surface area (Å²) in [4.78, 5) is 4.68. The number of nitrogens with zero attached hydrogens (tertiary/aromatic N) is 2. The molecule has 0 amide bonds. The minimum absolute atomic E-state index is 0.0938. The molecule has 0 radical (unpaired) electrons. The van der Waals surface area contributed by atoms with E-state index in [0.29, 0.717) is 0 Å². The van der Waals surface area contributed by atoms with Gasteiger partial charge in [0.05, 0.1) is 23.0 Å². The summed E-state index contributed by atoms with van der Waals surface area (Å²) in [7, 11) is 0. The van der Waals surface area contributed by atoms with Crippen molar-refractivity contribution in [3.8, 4) is 0 Å². The van der Waals surface area contributed by atoms with Crippen LogP contribution in [0.5, 0.6) is 0 Å². The summed E-state index contributed by atoms with van der Waals surface area (Å²) in [5, 5.41) is 4.17. The summed E-state index contributed by atoms with van der Waals surface area (Å²) >= 11 is 10.3. The van der Waals surface area contributed by atoms with Crippen LogP contribution >= 0.6 is 45.5 Å². The number of halogens is 2. The first-order chi connectivity index (χ1) is 9.15. The molecule has 1 atom stereocenters. The molecule has 3 aromatic rings. The van der Waals surface area contributed by atoms with E-state index < -0.39 is 0 Å². The van der Waals surface area contributed by atoms with Crippen LogP contribution in [0, 0.1) is 3.57 Å².